The van der Waals surface area contributed by atoms with Crippen molar-refractivity contribution in [1.82, 2.24) is 14.9 Å². The molecule has 2 aromatic heterocycles. The van der Waals surface area contributed by atoms with E-state index < -0.39 is 36.4 Å². The molecule has 0 aliphatic carbocycles. The molecule has 4 atom stereocenters. The van der Waals surface area contributed by atoms with Crippen LogP contribution in [0.2, 0.25) is 0 Å². The Hall–Kier alpha value is -3.76. The molecule has 9 heteroatoms. The Morgan fingerprint density at radius 2 is 1.53 bits per heavy atom. The van der Waals surface area contributed by atoms with E-state index in [1.165, 1.54) is 0 Å². The van der Waals surface area contributed by atoms with Crippen molar-refractivity contribution in [3.8, 4) is 0 Å². The van der Waals surface area contributed by atoms with Crippen LogP contribution in [0.4, 0.5) is 0 Å². The highest BCUT2D eigenvalue weighted by atomic mass is 16.5. The minimum Gasteiger partial charge on any atom is -0.388 e. The van der Waals surface area contributed by atoms with Crippen LogP contribution >= 0.6 is 0 Å². The normalized spacial score (nSPS) is 25.0. The van der Waals surface area contributed by atoms with E-state index >= 15 is 0 Å². The molecule has 170 valence electrons. The molecule has 9 nitrogen and oxygen atoms in total. The Morgan fingerprint density at radius 1 is 0.853 bits per heavy atom. The van der Waals surface area contributed by atoms with Gasteiger partial charge in [0.05, 0.1) is 34.3 Å². The van der Waals surface area contributed by atoms with Crippen LogP contribution in [0.25, 0.3) is 43.6 Å². The summed E-state index contributed by atoms with van der Waals surface area (Å²) in [4.78, 5) is 29.4. The predicted octanol–water partition coefficient (Wildman–Crippen LogP) is 1.92. The molecule has 7 rings (SSSR count). The SMILES string of the molecule is O=C1NC(=O)c2c1c1c3ccccc3[nH]c1c1c2c2ccccc2n1C1OC[C@@H](O)[C@H](O)[C@H]1O. The summed E-state index contributed by atoms with van der Waals surface area (Å²) >= 11 is 0. The quantitative estimate of drug-likeness (QED) is 0.244. The molecule has 2 amide bonds. The minimum absolute atomic E-state index is 0.170. The molecule has 3 aromatic carbocycles. The van der Waals surface area contributed by atoms with Gasteiger partial charge in [-0.05, 0) is 12.1 Å². The molecule has 34 heavy (non-hydrogen) atoms. The number of aromatic nitrogens is 2. The third-order valence-electron chi connectivity index (χ3n) is 7.01. The second kappa shape index (κ2) is 6.64. The summed E-state index contributed by atoms with van der Waals surface area (Å²) in [7, 11) is 0. The third kappa shape index (κ3) is 2.31. The number of amides is 2. The van der Waals surface area contributed by atoms with Crippen LogP contribution < -0.4 is 5.32 Å². The molecule has 1 unspecified atom stereocenters. The smallest absolute Gasteiger partial charge is 0.259 e. The highest BCUT2D eigenvalue weighted by molar-refractivity contribution is 6.39. The van der Waals surface area contributed by atoms with Gasteiger partial charge in [-0.1, -0.05) is 36.4 Å². The average Bonchev–Trinajstić information content (AvgIpc) is 3.47. The van der Waals surface area contributed by atoms with Crippen LogP contribution in [0, 0.1) is 0 Å². The molecule has 1 saturated heterocycles. The lowest BCUT2D eigenvalue weighted by Crippen LogP contribution is -2.50. The van der Waals surface area contributed by atoms with Crippen molar-refractivity contribution in [2.24, 2.45) is 0 Å². The van der Waals surface area contributed by atoms with Crippen molar-refractivity contribution < 1.29 is 29.6 Å². The van der Waals surface area contributed by atoms with Gasteiger partial charge < -0.3 is 29.6 Å². The van der Waals surface area contributed by atoms with Crippen molar-refractivity contribution in [2.75, 3.05) is 6.61 Å². The summed E-state index contributed by atoms with van der Waals surface area (Å²) in [6, 6.07) is 14.9. The summed E-state index contributed by atoms with van der Waals surface area (Å²) in [5, 5.41) is 36.4. The number of carbonyl (C=O) groups is 2. The third-order valence-corrected chi connectivity index (χ3v) is 7.01. The van der Waals surface area contributed by atoms with Gasteiger partial charge in [0, 0.05) is 27.1 Å². The summed E-state index contributed by atoms with van der Waals surface area (Å²) in [5.41, 5.74) is 3.23. The molecule has 5 aromatic rings. The maximum absolute atomic E-state index is 13.1. The number of imide groups is 1. The zero-order valence-electron chi connectivity index (χ0n) is 17.6. The summed E-state index contributed by atoms with van der Waals surface area (Å²) < 4.78 is 7.59. The number of benzene rings is 3. The van der Waals surface area contributed by atoms with E-state index in [1.807, 2.05) is 48.5 Å². The topological polar surface area (TPSA) is 137 Å². The number of aromatic amines is 1. The van der Waals surface area contributed by atoms with E-state index in [0.717, 1.165) is 10.9 Å². The number of nitrogens with zero attached hydrogens (tertiary/aromatic N) is 1. The molecule has 0 spiro atoms. The summed E-state index contributed by atoms with van der Waals surface area (Å²) in [6.07, 6.45) is -5.09. The zero-order valence-corrected chi connectivity index (χ0v) is 17.6. The van der Waals surface area contributed by atoms with Crippen LogP contribution in [0.15, 0.2) is 48.5 Å². The van der Waals surface area contributed by atoms with Crippen molar-refractivity contribution >= 4 is 55.4 Å². The lowest BCUT2D eigenvalue weighted by atomic mass is 9.96. The maximum Gasteiger partial charge on any atom is 0.259 e. The highest BCUT2D eigenvalue weighted by Crippen LogP contribution is 2.45. The van der Waals surface area contributed by atoms with E-state index in [-0.39, 0.29) is 12.2 Å². The standard InChI is InChI=1S/C25H19N3O6/c29-14-9-34-25(22(31)21(14)30)28-13-8-4-2-6-11(13)16-18-17(23(32)27-24(18)33)15-10-5-1-3-7-12(10)26-19(15)20(16)28/h1-8,14,21-22,25-26,29-31H,9H2,(H,27,32,33)/t14-,21+,22-,25?/m1/s1. The van der Waals surface area contributed by atoms with Crippen LogP contribution in [0.1, 0.15) is 26.9 Å². The average molecular weight is 457 g/mol. The predicted molar refractivity (Wildman–Crippen MR) is 124 cm³/mol. The molecular formula is C25H19N3O6. The Morgan fingerprint density at radius 3 is 2.32 bits per heavy atom. The Labute approximate surface area is 191 Å². The van der Waals surface area contributed by atoms with E-state index in [1.54, 1.807) is 4.57 Å². The fourth-order valence-corrected chi connectivity index (χ4v) is 5.56. The Balaban J connectivity index is 1.73. The minimum atomic E-state index is -1.43. The van der Waals surface area contributed by atoms with Crippen LogP contribution in [-0.2, 0) is 4.74 Å². The van der Waals surface area contributed by atoms with Crippen molar-refractivity contribution in [3.63, 3.8) is 0 Å². The second-order valence-corrected chi connectivity index (χ2v) is 8.84. The molecule has 2 aliphatic heterocycles. The summed E-state index contributed by atoms with van der Waals surface area (Å²) in [6.45, 7) is -0.170. The molecule has 4 heterocycles. The maximum atomic E-state index is 13.1. The lowest BCUT2D eigenvalue weighted by Gasteiger charge is -2.36. The first-order valence-corrected chi connectivity index (χ1v) is 11.0. The molecule has 5 N–H and O–H groups in total. The Kier molecular flexibility index (Phi) is 3.85. The second-order valence-electron chi connectivity index (χ2n) is 8.84. The first kappa shape index (κ1) is 19.7. The molecule has 0 radical (unpaired) electrons. The van der Waals surface area contributed by atoms with Gasteiger partial charge in [-0.25, -0.2) is 0 Å². The van der Waals surface area contributed by atoms with Gasteiger partial charge in [0.15, 0.2) is 6.23 Å². The first-order chi connectivity index (χ1) is 16.5. The molecule has 0 bridgehead atoms. The number of hydrogen-bond acceptors (Lipinski definition) is 6. The zero-order chi connectivity index (χ0) is 23.3. The van der Waals surface area contributed by atoms with E-state index in [0.29, 0.717) is 38.3 Å². The molecule has 2 aliphatic rings. The van der Waals surface area contributed by atoms with Gasteiger partial charge in [0.2, 0.25) is 0 Å². The van der Waals surface area contributed by atoms with E-state index in [9.17, 15) is 24.9 Å². The van der Waals surface area contributed by atoms with Gasteiger partial charge in [-0.2, -0.15) is 0 Å². The molecule has 1 fully saturated rings. The number of nitrogens with one attached hydrogen (secondary N) is 2. The highest BCUT2D eigenvalue weighted by Gasteiger charge is 2.42. The number of aliphatic hydroxyl groups is 3. The first-order valence-electron chi connectivity index (χ1n) is 11.0. The number of H-pyrrole nitrogens is 1. The van der Waals surface area contributed by atoms with Gasteiger partial charge >= 0.3 is 0 Å². The lowest BCUT2D eigenvalue weighted by molar-refractivity contribution is -0.208. The number of fused-ring (bicyclic) bond motifs is 10. The number of ether oxygens (including phenoxy) is 1. The fourth-order valence-electron chi connectivity index (χ4n) is 5.56. The van der Waals surface area contributed by atoms with Crippen LogP contribution in [0.3, 0.4) is 0 Å². The van der Waals surface area contributed by atoms with Crippen molar-refractivity contribution in [2.45, 2.75) is 24.5 Å². The number of hydrogen-bond donors (Lipinski definition) is 5. The summed E-state index contributed by atoms with van der Waals surface area (Å²) in [5.74, 6) is -0.943. The fraction of sp³-hybridized carbons (Fsp3) is 0.200. The number of rotatable bonds is 1. The largest absolute Gasteiger partial charge is 0.388 e. The van der Waals surface area contributed by atoms with Crippen LogP contribution in [-0.4, -0.2) is 61.6 Å². The van der Waals surface area contributed by atoms with Crippen molar-refractivity contribution in [3.05, 3.63) is 59.7 Å². The van der Waals surface area contributed by atoms with Gasteiger partial charge in [0.25, 0.3) is 11.8 Å². The molecule has 0 saturated carbocycles. The van der Waals surface area contributed by atoms with Crippen molar-refractivity contribution in [1.29, 1.82) is 0 Å². The Bertz CT molecular complexity index is 1700. The monoisotopic (exact) mass is 457 g/mol. The van der Waals surface area contributed by atoms with E-state index in [4.69, 9.17) is 4.74 Å². The van der Waals surface area contributed by atoms with Gasteiger partial charge in [-0.3, -0.25) is 14.9 Å². The molecular weight excluding hydrogens is 438 g/mol. The number of carbonyl (C=O) groups excluding carboxylic acids is 2. The number of aliphatic hydroxyl groups excluding tert-OH is 3. The van der Waals surface area contributed by atoms with Crippen LogP contribution in [0.5, 0.6) is 0 Å². The van der Waals surface area contributed by atoms with Gasteiger partial charge in [-0.15, -0.1) is 0 Å². The number of para-hydroxylation sites is 2. The van der Waals surface area contributed by atoms with E-state index in [2.05, 4.69) is 10.3 Å². The van der Waals surface area contributed by atoms with Gasteiger partial charge in [0.1, 0.15) is 18.3 Å².